The number of rotatable bonds is 6. The summed E-state index contributed by atoms with van der Waals surface area (Å²) in [5.41, 5.74) is 0.903. The SMILES string of the molecule is COc1ccccc1[C@H](C)NC(=O)NCc1nc(-c2ccco2)n[nH]1. The van der Waals surface area contributed by atoms with Crippen molar-refractivity contribution in [2.75, 3.05) is 7.11 Å². The van der Waals surface area contributed by atoms with E-state index in [0.29, 0.717) is 17.4 Å². The van der Waals surface area contributed by atoms with E-state index in [9.17, 15) is 4.79 Å². The minimum atomic E-state index is -0.311. The van der Waals surface area contributed by atoms with Crippen molar-refractivity contribution in [1.82, 2.24) is 25.8 Å². The highest BCUT2D eigenvalue weighted by molar-refractivity contribution is 5.74. The number of methoxy groups -OCH3 is 1. The van der Waals surface area contributed by atoms with Gasteiger partial charge in [-0.25, -0.2) is 9.78 Å². The number of hydrogen-bond acceptors (Lipinski definition) is 5. The molecule has 0 radical (unpaired) electrons. The van der Waals surface area contributed by atoms with Crippen LogP contribution < -0.4 is 15.4 Å². The maximum absolute atomic E-state index is 12.1. The van der Waals surface area contributed by atoms with Crippen molar-refractivity contribution in [2.45, 2.75) is 19.5 Å². The third-order valence-electron chi connectivity index (χ3n) is 3.64. The smallest absolute Gasteiger partial charge is 0.315 e. The van der Waals surface area contributed by atoms with Crippen LogP contribution in [0.15, 0.2) is 47.1 Å². The first kappa shape index (κ1) is 16.6. The van der Waals surface area contributed by atoms with Gasteiger partial charge in [-0.1, -0.05) is 18.2 Å². The van der Waals surface area contributed by atoms with Crippen LogP contribution in [0.1, 0.15) is 24.4 Å². The fraction of sp³-hybridized carbons (Fsp3) is 0.235. The second kappa shape index (κ2) is 7.52. The number of urea groups is 1. The molecule has 8 heteroatoms. The lowest BCUT2D eigenvalue weighted by atomic mass is 10.1. The number of hydrogen-bond donors (Lipinski definition) is 3. The summed E-state index contributed by atoms with van der Waals surface area (Å²) in [5, 5.41) is 12.4. The van der Waals surface area contributed by atoms with Crippen LogP contribution >= 0.6 is 0 Å². The van der Waals surface area contributed by atoms with Crippen molar-refractivity contribution in [2.24, 2.45) is 0 Å². The van der Waals surface area contributed by atoms with Crippen molar-refractivity contribution in [3.8, 4) is 17.3 Å². The molecule has 0 aliphatic heterocycles. The van der Waals surface area contributed by atoms with E-state index in [0.717, 1.165) is 11.3 Å². The van der Waals surface area contributed by atoms with Gasteiger partial charge in [-0.2, -0.15) is 0 Å². The summed E-state index contributed by atoms with van der Waals surface area (Å²) in [6.45, 7) is 2.11. The Bertz CT molecular complexity index is 828. The molecule has 130 valence electrons. The third kappa shape index (κ3) is 3.97. The number of nitrogens with zero attached hydrogens (tertiary/aromatic N) is 2. The van der Waals surface area contributed by atoms with Crippen molar-refractivity contribution in [3.63, 3.8) is 0 Å². The van der Waals surface area contributed by atoms with Crippen LogP contribution in [0, 0.1) is 0 Å². The first-order chi connectivity index (χ1) is 12.2. The summed E-state index contributed by atoms with van der Waals surface area (Å²) in [6, 6.07) is 10.6. The Labute approximate surface area is 144 Å². The highest BCUT2D eigenvalue weighted by atomic mass is 16.5. The monoisotopic (exact) mass is 341 g/mol. The van der Waals surface area contributed by atoms with Gasteiger partial charge in [0.15, 0.2) is 5.76 Å². The number of ether oxygens (including phenoxy) is 1. The van der Waals surface area contributed by atoms with Crippen LogP contribution in [0.2, 0.25) is 0 Å². The highest BCUT2D eigenvalue weighted by Gasteiger charge is 2.14. The predicted molar refractivity (Wildman–Crippen MR) is 90.9 cm³/mol. The van der Waals surface area contributed by atoms with Gasteiger partial charge in [0.05, 0.1) is 26.0 Å². The molecule has 1 aromatic carbocycles. The molecule has 2 amide bonds. The largest absolute Gasteiger partial charge is 0.496 e. The standard InChI is InChI=1S/C17H19N5O3/c1-11(12-6-3-4-7-13(12)24-2)19-17(23)18-10-15-20-16(22-21-15)14-8-5-9-25-14/h3-9,11H,10H2,1-2H3,(H2,18,19,23)(H,20,21,22)/t11-/m0/s1. The van der Waals surface area contributed by atoms with Gasteiger partial charge in [0, 0.05) is 5.56 Å². The van der Waals surface area contributed by atoms with Crippen molar-refractivity contribution in [3.05, 3.63) is 54.0 Å². The number of aromatic amines is 1. The Hall–Kier alpha value is -3.29. The van der Waals surface area contributed by atoms with Crippen LogP contribution in [-0.2, 0) is 6.54 Å². The molecule has 3 rings (SSSR count). The van der Waals surface area contributed by atoms with Crippen molar-refractivity contribution < 1.29 is 13.9 Å². The minimum absolute atomic E-state index is 0.204. The molecule has 0 saturated heterocycles. The Balaban J connectivity index is 1.54. The van der Waals surface area contributed by atoms with Gasteiger partial charge in [0.25, 0.3) is 0 Å². The molecular weight excluding hydrogens is 322 g/mol. The van der Waals surface area contributed by atoms with E-state index in [-0.39, 0.29) is 18.6 Å². The van der Waals surface area contributed by atoms with E-state index in [1.807, 2.05) is 31.2 Å². The van der Waals surface area contributed by atoms with Crippen LogP contribution in [0.5, 0.6) is 5.75 Å². The van der Waals surface area contributed by atoms with Gasteiger partial charge in [-0.05, 0) is 25.1 Å². The quantitative estimate of drug-likeness (QED) is 0.639. The second-order valence-corrected chi connectivity index (χ2v) is 5.37. The molecule has 0 saturated carbocycles. The molecule has 0 aliphatic rings. The van der Waals surface area contributed by atoms with Crippen molar-refractivity contribution >= 4 is 6.03 Å². The van der Waals surface area contributed by atoms with E-state index in [4.69, 9.17) is 9.15 Å². The zero-order valence-electron chi connectivity index (χ0n) is 13.9. The molecule has 0 unspecified atom stereocenters. The number of para-hydroxylation sites is 1. The minimum Gasteiger partial charge on any atom is -0.496 e. The molecular formula is C17H19N5O3. The molecule has 25 heavy (non-hydrogen) atoms. The van der Waals surface area contributed by atoms with E-state index >= 15 is 0 Å². The lowest BCUT2D eigenvalue weighted by molar-refractivity contribution is 0.237. The Kier molecular flexibility index (Phi) is 4.98. The predicted octanol–water partition coefficient (Wildman–Crippen LogP) is 2.63. The third-order valence-corrected chi connectivity index (χ3v) is 3.64. The van der Waals surface area contributed by atoms with Gasteiger partial charge in [-0.15, -0.1) is 5.10 Å². The number of furan rings is 1. The molecule has 3 aromatic rings. The molecule has 0 fully saturated rings. The van der Waals surface area contributed by atoms with Gasteiger partial charge >= 0.3 is 6.03 Å². The van der Waals surface area contributed by atoms with Crippen LogP contribution in [-0.4, -0.2) is 28.3 Å². The molecule has 1 atom stereocenters. The summed E-state index contributed by atoms with van der Waals surface area (Å²) >= 11 is 0. The average molecular weight is 341 g/mol. The Morgan fingerprint density at radius 3 is 2.92 bits per heavy atom. The molecule has 2 heterocycles. The van der Waals surface area contributed by atoms with Crippen LogP contribution in [0.4, 0.5) is 4.79 Å². The topological polar surface area (TPSA) is 105 Å². The van der Waals surface area contributed by atoms with Gasteiger partial charge < -0.3 is 19.8 Å². The second-order valence-electron chi connectivity index (χ2n) is 5.37. The molecule has 0 aliphatic carbocycles. The summed E-state index contributed by atoms with van der Waals surface area (Å²) in [6.07, 6.45) is 1.55. The summed E-state index contributed by atoms with van der Waals surface area (Å²) in [5.74, 6) is 2.28. The molecule has 2 aromatic heterocycles. The van der Waals surface area contributed by atoms with E-state index < -0.39 is 0 Å². The van der Waals surface area contributed by atoms with Gasteiger partial charge in [0.1, 0.15) is 11.6 Å². The normalized spacial score (nSPS) is 11.8. The maximum atomic E-state index is 12.1. The van der Waals surface area contributed by atoms with E-state index in [2.05, 4.69) is 25.8 Å². The molecule has 0 spiro atoms. The zero-order chi connectivity index (χ0) is 17.6. The van der Waals surface area contributed by atoms with Crippen LogP contribution in [0.3, 0.4) is 0 Å². The lowest BCUT2D eigenvalue weighted by Gasteiger charge is -2.17. The number of amides is 2. The average Bonchev–Trinajstić information content (AvgIpc) is 3.31. The van der Waals surface area contributed by atoms with E-state index in [1.54, 1.807) is 25.5 Å². The summed E-state index contributed by atoms with van der Waals surface area (Å²) in [7, 11) is 1.60. The lowest BCUT2D eigenvalue weighted by Crippen LogP contribution is -2.37. The van der Waals surface area contributed by atoms with E-state index in [1.165, 1.54) is 0 Å². The maximum Gasteiger partial charge on any atom is 0.315 e. The first-order valence-corrected chi connectivity index (χ1v) is 7.80. The highest BCUT2D eigenvalue weighted by Crippen LogP contribution is 2.24. The fourth-order valence-corrected chi connectivity index (χ4v) is 2.40. The number of aromatic nitrogens is 3. The van der Waals surface area contributed by atoms with Crippen LogP contribution in [0.25, 0.3) is 11.6 Å². The molecule has 3 N–H and O–H groups in total. The van der Waals surface area contributed by atoms with Gasteiger partial charge in [-0.3, -0.25) is 5.10 Å². The number of H-pyrrole nitrogens is 1. The molecule has 8 nitrogen and oxygen atoms in total. The Morgan fingerprint density at radius 2 is 2.16 bits per heavy atom. The summed E-state index contributed by atoms with van der Waals surface area (Å²) in [4.78, 5) is 16.4. The number of carbonyl (C=O) groups is 1. The first-order valence-electron chi connectivity index (χ1n) is 7.80. The molecule has 0 bridgehead atoms. The number of benzene rings is 1. The van der Waals surface area contributed by atoms with Gasteiger partial charge in [0.2, 0.25) is 5.82 Å². The van der Waals surface area contributed by atoms with Crippen molar-refractivity contribution in [1.29, 1.82) is 0 Å². The number of nitrogens with one attached hydrogen (secondary N) is 3. The summed E-state index contributed by atoms with van der Waals surface area (Å²) < 4.78 is 10.5. The fourth-order valence-electron chi connectivity index (χ4n) is 2.40. The Morgan fingerprint density at radius 1 is 1.32 bits per heavy atom. The zero-order valence-corrected chi connectivity index (χ0v) is 13.9. The number of carbonyl (C=O) groups excluding carboxylic acids is 1.